The molecule has 122 valence electrons. The Balaban J connectivity index is 1.97. The third-order valence-corrected chi connectivity index (χ3v) is 4.06. The van der Waals surface area contributed by atoms with Crippen molar-refractivity contribution in [2.24, 2.45) is 0 Å². The van der Waals surface area contributed by atoms with Crippen molar-refractivity contribution in [3.63, 3.8) is 0 Å². The molecule has 3 rings (SSSR count). The van der Waals surface area contributed by atoms with E-state index in [0.29, 0.717) is 10.9 Å². The second kappa shape index (κ2) is 6.54. The van der Waals surface area contributed by atoms with Crippen LogP contribution in [0.15, 0.2) is 30.9 Å². The third kappa shape index (κ3) is 3.27. The van der Waals surface area contributed by atoms with E-state index in [0.717, 1.165) is 10.6 Å². The van der Waals surface area contributed by atoms with Gasteiger partial charge in [-0.25, -0.2) is 9.97 Å². The monoisotopic (exact) mass is 344 g/mol. The summed E-state index contributed by atoms with van der Waals surface area (Å²) in [5.74, 6) is 0.185. The lowest BCUT2D eigenvalue weighted by atomic mass is 10.4. The van der Waals surface area contributed by atoms with Crippen LogP contribution in [0, 0.1) is 24.0 Å². The van der Waals surface area contributed by atoms with Gasteiger partial charge < -0.3 is 10.1 Å². The van der Waals surface area contributed by atoms with Gasteiger partial charge in [0.15, 0.2) is 5.13 Å². The SMILES string of the molecule is Cc1nc(Nc2ncnc(Oc3cccnc3)c2[N+](=O)[O-])sc1C. The molecule has 0 aliphatic carbocycles. The number of nitrogens with one attached hydrogen (secondary N) is 1. The minimum Gasteiger partial charge on any atom is -0.432 e. The average Bonchev–Trinajstić information content (AvgIpc) is 2.86. The summed E-state index contributed by atoms with van der Waals surface area (Å²) in [6.45, 7) is 3.78. The molecule has 0 aliphatic rings. The topological polar surface area (TPSA) is 116 Å². The largest absolute Gasteiger partial charge is 0.432 e. The zero-order valence-electron chi connectivity index (χ0n) is 12.8. The van der Waals surface area contributed by atoms with Crippen LogP contribution in [0.25, 0.3) is 0 Å². The van der Waals surface area contributed by atoms with Gasteiger partial charge in [-0.15, -0.1) is 11.3 Å². The first kappa shape index (κ1) is 15.7. The molecule has 0 radical (unpaired) electrons. The van der Waals surface area contributed by atoms with E-state index in [2.05, 4.69) is 25.3 Å². The lowest BCUT2D eigenvalue weighted by molar-refractivity contribution is -0.385. The third-order valence-electron chi connectivity index (χ3n) is 3.07. The van der Waals surface area contributed by atoms with Gasteiger partial charge in [0.25, 0.3) is 0 Å². The Hall–Kier alpha value is -3.14. The summed E-state index contributed by atoms with van der Waals surface area (Å²) < 4.78 is 5.47. The molecule has 0 saturated carbocycles. The predicted molar refractivity (Wildman–Crippen MR) is 87.9 cm³/mol. The number of pyridine rings is 1. The van der Waals surface area contributed by atoms with Crippen molar-refractivity contribution < 1.29 is 9.66 Å². The van der Waals surface area contributed by atoms with E-state index in [9.17, 15) is 10.1 Å². The van der Waals surface area contributed by atoms with Gasteiger partial charge in [0, 0.05) is 11.1 Å². The summed E-state index contributed by atoms with van der Waals surface area (Å²) in [6.07, 6.45) is 4.20. The summed E-state index contributed by atoms with van der Waals surface area (Å²) in [4.78, 5) is 27.9. The van der Waals surface area contributed by atoms with Gasteiger partial charge >= 0.3 is 11.6 Å². The van der Waals surface area contributed by atoms with Crippen LogP contribution >= 0.6 is 11.3 Å². The maximum Gasteiger partial charge on any atom is 0.373 e. The number of nitrogens with zero attached hydrogens (tertiary/aromatic N) is 5. The Bertz CT molecular complexity index is 864. The lowest BCUT2D eigenvalue weighted by Crippen LogP contribution is -2.03. The molecule has 3 aromatic heterocycles. The highest BCUT2D eigenvalue weighted by atomic mass is 32.1. The van der Waals surface area contributed by atoms with E-state index >= 15 is 0 Å². The van der Waals surface area contributed by atoms with Gasteiger partial charge in [-0.2, -0.15) is 4.98 Å². The van der Waals surface area contributed by atoms with Crippen molar-refractivity contribution in [2.45, 2.75) is 13.8 Å². The number of aryl methyl sites for hydroxylation is 2. The highest BCUT2D eigenvalue weighted by molar-refractivity contribution is 7.15. The number of ether oxygens (including phenoxy) is 1. The molecule has 0 aromatic carbocycles. The Kier molecular flexibility index (Phi) is 4.29. The number of rotatable bonds is 5. The van der Waals surface area contributed by atoms with Crippen molar-refractivity contribution >= 4 is 28.0 Å². The molecule has 3 heterocycles. The number of anilines is 2. The van der Waals surface area contributed by atoms with Crippen molar-refractivity contribution in [3.05, 3.63) is 51.5 Å². The number of nitro groups is 1. The first-order valence-electron chi connectivity index (χ1n) is 6.83. The maximum absolute atomic E-state index is 11.5. The van der Waals surface area contributed by atoms with Gasteiger partial charge in [0.05, 0.1) is 16.8 Å². The minimum atomic E-state index is -0.596. The van der Waals surface area contributed by atoms with E-state index in [-0.39, 0.29) is 17.4 Å². The fourth-order valence-corrected chi connectivity index (χ4v) is 2.65. The second-order valence-electron chi connectivity index (χ2n) is 4.71. The molecule has 0 spiro atoms. The molecule has 0 atom stereocenters. The van der Waals surface area contributed by atoms with E-state index in [1.54, 1.807) is 18.3 Å². The van der Waals surface area contributed by atoms with Gasteiger partial charge in [0.2, 0.25) is 5.82 Å². The lowest BCUT2D eigenvalue weighted by Gasteiger charge is -2.07. The second-order valence-corrected chi connectivity index (χ2v) is 5.91. The molecular weight excluding hydrogens is 332 g/mol. The number of hydrogen-bond donors (Lipinski definition) is 1. The smallest absolute Gasteiger partial charge is 0.373 e. The average molecular weight is 344 g/mol. The quantitative estimate of drug-likeness (QED) is 0.553. The molecule has 9 nitrogen and oxygen atoms in total. The van der Waals surface area contributed by atoms with Crippen LogP contribution in [0.1, 0.15) is 10.6 Å². The first-order chi connectivity index (χ1) is 11.5. The highest BCUT2D eigenvalue weighted by Crippen LogP contribution is 2.36. The van der Waals surface area contributed by atoms with Crippen molar-refractivity contribution in [1.29, 1.82) is 0 Å². The van der Waals surface area contributed by atoms with Crippen molar-refractivity contribution in [2.75, 3.05) is 5.32 Å². The van der Waals surface area contributed by atoms with Crippen molar-refractivity contribution in [1.82, 2.24) is 19.9 Å². The van der Waals surface area contributed by atoms with Crippen LogP contribution in [-0.4, -0.2) is 24.9 Å². The summed E-state index contributed by atoms with van der Waals surface area (Å²) in [6, 6.07) is 3.28. The first-order valence-corrected chi connectivity index (χ1v) is 7.64. The molecule has 10 heteroatoms. The Morgan fingerprint density at radius 1 is 1.33 bits per heavy atom. The number of aromatic nitrogens is 4. The molecule has 0 saturated heterocycles. The maximum atomic E-state index is 11.5. The summed E-state index contributed by atoms with van der Waals surface area (Å²) in [5, 5.41) is 14.8. The van der Waals surface area contributed by atoms with E-state index in [4.69, 9.17) is 4.74 Å². The summed E-state index contributed by atoms with van der Waals surface area (Å²) >= 11 is 1.38. The van der Waals surface area contributed by atoms with E-state index in [1.165, 1.54) is 23.9 Å². The summed E-state index contributed by atoms with van der Waals surface area (Å²) in [7, 11) is 0. The number of hydrogen-bond acceptors (Lipinski definition) is 9. The van der Waals surface area contributed by atoms with Crippen LogP contribution in [0.3, 0.4) is 0 Å². The van der Waals surface area contributed by atoms with Gasteiger partial charge in [-0.1, -0.05) is 0 Å². The molecule has 0 fully saturated rings. The zero-order valence-corrected chi connectivity index (χ0v) is 13.6. The van der Waals surface area contributed by atoms with Crippen LogP contribution in [0.5, 0.6) is 11.6 Å². The van der Waals surface area contributed by atoms with Gasteiger partial charge in [0.1, 0.15) is 12.1 Å². The zero-order chi connectivity index (χ0) is 17.1. The molecule has 24 heavy (non-hydrogen) atoms. The van der Waals surface area contributed by atoms with Gasteiger partial charge in [-0.05, 0) is 26.0 Å². The van der Waals surface area contributed by atoms with Gasteiger partial charge in [-0.3, -0.25) is 15.1 Å². The summed E-state index contributed by atoms with van der Waals surface area (Å²) in [5.41, 5.74) is 0.484. The normalized spacial score (nSPS) is 10.4. The Labute approximate surface area is 140 Å². The fourth-order valence-electron chi connectivity index (χ4n) is 1.84. The molecule has 0 amide bonds. The minimum absolute atomic E-state index is 0.0163. The number of thiazole rings is 1. The van der Waals surface area contributed by atoms with Crippen molar-refractivity contribution in [3.8, 4) is 11.6 Å². The van der Waals surface area contributed by atoms with Crippen LogP contribution < -0.4 is 10.1 Å². The molecule has 0 aliphatic heterocycles. The standard InChI is InChI=1S/C14H12N6O3S/c1-8-9(2)24-14(18-8)19-12-11(20(21)22)13(17-7-16-12)23-10-4-3-5-15-6-10/h3-7H,1-2H3,(H,16,17,18,19). The molecular formula is C14H12N6O3S. The molecule has 0 bridgehead atoms. The van der Waals surface area contributed by atoms with Crippen LogP contribution in [0.4, 0.5) is 16.6 Å². The Morgan fingerprint density at radius 3 is 2.79 bits per heavy atom. The molecule has 1 N–H and O–H groups in total. The van der Waals surface area contributed by atoms with E-state index in [1.807, 2.05) is 13.8 Å². The Morgan fingerprint density at radius 2 is 2.17 bits per heavy atom. The fraction of sp³-hybridized carbons (Fsp3) is 0.143. The van der Waals surface area contributed by atoms with Crippen LogP contribution in [0.2, 0.25) is 0 Å². The predicted octanol–water partition coefficient (Wildman–Crippen LogP) is 3.39. The van der Waals surface area contributed by atoms with Crippen LogP contribution in [-0.2, 0) is 0 Å². The van der Waals surface area contributed by atoms with E-state index < -0.39 is 4.92 Å². The molecule has 3 aromatic rings. The molecule has 0 unspecified atom stereocenters. The highest BCUT2D eigenvalue weighted by Gasteiger charge is 2.26.